The summed E-state index contributed by atoms with van der Waals surface area (Å²) in [5.41, 5.74) is 8.02. The lowest BCUT2D eigenvalue weighted by Gasteiger charge is -2.38. The first-order chi connectivity index (χ1) is 32.6. The number of anilines is 1. The van der Waals surface area contributed by atoms with Crippen molar-refractivity contribution in [1.82, 2.24) is 24.8 Å². The van der Waals surface area contributed by atoms with E-state index >= 15 is 0 Å². The van der Waals surface area contributed by atoms with Crippen molar-refractivity contribution in [2.24, 2.45) is 11.8 Å². The van der Waals surface area contributed by atoms with E-state index in [9.17, 15) is 23.1 Å². The van der Waals surface area contributed by atoms with E-state index in [2.05, 4.69) is 80.5 Å². The Morgan fingerprint density at radius 3 is 2.28 bits per heavy atom. The molecule has 6 aromatic carbocycles. The number of piperidine rings is 2. The Hall–Kier alpha value is -6.57. The van der Waals surface area contributed by atoms with Crippen LogP contribution in [-0.2, 0) is 6.54 Å². The lowest BCUT2D eigenvalue weighted by atomic mass is 9.89. The first-order valence-corrected chi connectivity index (χ1v) is 24.0. The van der Waals surface area contributed by atoms with Crippen LogP contribution in [0.25, 0.3) is 49.4 Å². The van der Waals surface area contributed by atoms with Crippen molar-refractivity contribution in [2.75, 3.05) is 43.4 Å². The topological polar surface area (TPSA) is 95.2 Å². The van der Waals surface area contributed by atoms with Crippen LogP contribution in [0, 0.1) is 11.8 Å². The SMILES string of the molecule is O=C(NCc1cc2c3ccccc3nc(SCCC3CCN(CC4CCN(c5ccc(-c6c(-c7ccccc7)ccc7cc(O)ccc67)cc5)CC4)CC3)n2n1)c1ccccc1OC(F)(F)F. The van der Waals surface area contributed by atoms with E-state index in [4.69, 9.17) is 10.1 Å². The molecule has 0 spiro atoms. The van der Waals surface area contributed by atoms with Crippen molar-refractivity contribution < 1.29 is 27.8 Å². The van der Waals surface area contributed by atoms with Crippen LogP contribution in [0.5, 0.6) is 11.5 Å². The average Bonchev–Trinajstić information content (AvgIpc) is 3.79. The van der Waals surface area contributed by atoms with E-state index in [1.807, 2.05) is 53.0 Å². The summed E-state index contributed by atoms with van der Waals surface area (Å²) in [6.45, 7) is 5.52. The van der Waals surface area contributed by atoms with Crippen LogP contribution < -0.4 is 15.0 Å². The maximum atomic E-state index is 13.0. The van der Waals surface area contributed by atoms with E-state index in [1.165, 1.54) is 71.8 Å². The summed E-state index contributed by atoms with van der Waals surface area (Å²) in [5.74, 6) is 1.25. The van der Waals surface area contributed by atoms with Crippen LogP contribution in [0.2, 0.25) is 0 Å². The number of hydrogen-bond acceptors (Lipinski definition) is 8. The number of carbonyl (C=O) groups excluding carboxylic acids is 1. The number of thioether (sulfide) groups is 1. The highest BCUT2D eigenvalue weighted by Crippen LogP contribution is 2.40. The molecule has 4 heterocycles. The number of nitrogens with one attached hydrogen (secondary N) is 1. The zero-order chi connectivity index (χ0) is 45.9. The van der Waals surface area contributed by atoms with Crippen LogP contribution in [0.4, 0.5) is 18.9 Å². The summed E-state index contributed by atoms with van der Waals surface area (Å²) in [6.07, 6.45) is 0.884. The molecule has 2 N–H and O–H groups in total. The van der Waals surface area contributed by atoms with Crippen molar-refractivity contribution in [2.45, 2.75) is 50.2 Å². The van der Waals surface area contributed by atoms with E-state index in [0.717, 1.165) is 83.3 Å². The van der Waals surface area contributed by atoms with Crippen LogP contribution in [0.3, 0.4) is 0 Å². The second-order valence-electron chi connectivity index (χ2n) is 17.7. The van der Waals surface area contributed by atoms with Gasteiger partial charge in [0.1, 0.15) is 11.5 Å². The Bertz CT molecular complexity index is 3020. The molecule has 0 saturated carbocycles. The normalized spacial score (nSPS) is 15.4. The fourth-order valence-electron chi connectivity index (χ4n) is 9.86. The minimum atomic E-state index is -4.92. The highest BCUT2D eigenvalue weighted by atomic mass is 32.2. The number of alkyl halides is 3. The highest BCUT2D eigenvalue weighted by Gasteiger charge is 2.33. The summed E-state index contributed by atoms with van der Waals surface area (Å²) in [4.78, 5) is 23.2. The number of carbonyl (C=O) groups is 1. The quantitative estimate of drug-likeness (QED) is 0.0872. The molecule has 1 amide bonds. The number of amides is 1. The monoisotopic (exact) mass is 920 g/mol. The number of benzene rings is 6. The van der Waals surface area contributed by atoms with Crippen molar-refractivity contribution >= 4 is 50.5 Å². The molecule has 0 bridgehead atoms. The number of nitrogens with zero attached hydrogens (tertiary/aromatic N) is 5. The Balaban J connectivity index is 0.710. The van der Waals surface area contributed by atoms with E-state index in [1.54, 1.807) is 17.8 Å². The Morgan fingerprint density at radius 2 is 1.49 bits per heavy atom. The number of phenols is 1. The second kappa shape index (κ2) is 19.3. The molecule has 2 aliphatic heterocycles. The van der Waals surface area contributed by atoms with Crippen LogP contribution in [0.1, 0.15) is 48.2 Å². The number of para-hydroxylation sites is 2. The first kappa shape index (κ1) is 44.3. The maximum absolute atomic E-state index is 13.0. The zero-order valence-electron chi connectivity index (χ0n) is 37.0. The first-order valence-electron chi connectivity index (χ1n) is 23.0. The van der Waals surface area contributed by atoms with Gasteiger partial charge in [0.2, 0.25) is 0 Å². The zero-order valence-corrected chi connectivity index (χ0v) is 37.8. The molecule has 2 aromatic heterocycles. The lowest BCUT2D eigenvalue weighted by Crippen LogP contribution is -2.41. The van der Waals surface area contributed by atoms with Crippen LogP contribution in [-0.4, -0.2) is 75.4 Å². The molecule has 2 aliphatic rings. The molecular formula is C54H51F3N6O3S. The number of fused-ring (bicyclic) bond motifs is 4. The third-order valence-electron chi connectivity index (χ3n) is 13.3. The van der Waals surface area contributed by atoms with Crippen LogP contribution in [0.15, 0.2) is 145 Å². The molecule has 0 atom stereocenters. The molecule has 67 heavy (non-hydrogen) atoms. The van der Waals surface area contributed by atoms with Gasteiger partial charge in [0.25, 0.3) is 5.91 Å². The fourth-order valence-corrected chi connectivity index (χ4v) is 10.9. The molecule has 2 saturated heterocycles. The van der Waals surface area contributed by atoms with Gasteiger partial charge in [-0.05, 0) is 139 Å². The Kier molecular flexibility index (Phi) is 12.8. The molecule has 342 valence electrons. The minimum Gasteiger partial charge on any atom is -0.508 e. The van der Waals surface area contributed by atoms with Crippen LogP contribution >= 0.6 is 11.8 Å². The van der Waals surface area contributed by atoms with E-state index < -0.39 is 18.0 Å². The molecule has 10 rings (SSSR count). The Morgan fingerprint density at radius 1 is 0.761 bits per heavy atom. The maximum Gasteiger partial charge on any atom is 0.573 e. The number of halogens is 3. The van der Waals surface area contributed by atoms with Crippen molar-refractivity contribution in [3.8, 4) is 33.8 Å². The molecule has 13 heteroatoms. The minimum absolute atomic E-state index is 0.0166. The summed E-state index contributed by atoms with van der Waals surface area (Å²) in [6, 6.07) is 44.5. The van der Waals surface area contributed by atoms with Gasteiger partial charge in [0.15, 0.2) is 5.16 Å². The largest absolute Gasteiger partial charge is 0.573 e. The lowest BCUT2D eigenvalue weighted by molar-refractivity contribution is -0.274. The smallest absolute Gasteiger partial charge is 0.508 e. The van der Waals surface area contributed by atoms with Gasteiger partial charge in [0, 0.05) is 36.5 Å². The molecule has 2 fully saturated rings. The third kappa shape index (κ3) is 10.1. The summed E-state index contributed by atoms with van der Waals surface area (Å²) in [5, 5.41) is 21.5. The second-order valence-corrected chi connectivity index (χ2v) is 18.8. The number of phenolic OH excluding ortho intramolecular Hbond substituents is 1. The van der Waals surface area contributed by atoms with Gasteiger partial charge in [-0.1, -0.05) is 103 Å². The number of likely N-dealkylation sites (tertiary alicyclic amines) is 1. The van der Waals surface area contributed by atoms with Gasteiger partial charge in [-0.3, -0.25) is 4.79 Å². The van der Waals surface area contributed by atoms with Gasteiger partial charge in [-0.15, -0.1) is 13.2 Å². The number of hydrogen-bond donors (Lipinski definition) is 2. The van der Waals surface area contributed by atoms with Crippen molar-refractivity contribution in [1.29, 1.82) is 0 Å². The highest BCUT2D eigenvalue weighted by molar-refractivity contribution is 7.99. The molecular weight excluding hydrogens is 870 g/mol. The predicted octanol–water partition coefficient (Wildman–Crippen LogP) is 12.0. The standard InChI is InChI=1S/C54H51F3N6O3S/c55-54(56,57)66-50-13-7-5-11-47(50)52(65)58-34-41-33-49-46-10-4-6-12-48(46)59-53(63(49)60-41)67-31-26-36-22-27-61(28-23-36)35-37-24-29-62(30-25-37)42-17-14-39(15-18-42)51-44(38-8-2-1-3-9-38)20-16-40-32-43(64)19-21-45(40)51/h1-21,32-33,36-37,64H,22-31,34-35H2,(H,58,65). The van der Waals surface area contributed by atoms with E-state index in [-0.39, 0.29) is 17.9 Å². The number of aromatic hydroxyl groups is 1. The summed E-state index contributed by atoms with van der Waals surface area (Å²) in [7, 11) is 0. The van der Waals surface area contributed by atoms with E-state index in [0.29, 0.717) is 17.5 Å². The fraction of sp³-hybridized carbons (Fsp3) is 0.278. The van der Waals surface area contributed by atoms with Gasteiger partial charge in [0.05, 0.1) is 28.8 Å². The van der Waals surface area contributed by atoms with Gasteiger partial charge >= 0.3 is 6.36 Å². The number of rotatable bonds is 13. The van der Waals surface area contributed by atoms with Gasteiger partial charge < -0.3 is 25.0 Å². The molecule has 0 aliphatic carbocycles. The molecule has 9 nitrogen and oxygen atoms in total. The number of aromatic nitrogens is 3. The average molecular weight is 921 g/mol. The van der Waals surface area contributed by atoms with Gasteiger partial charge in [-0.2, -0.15) is 5.10 Å². The number of ether oxygens (including phenoxy) is 1. The summed E-state index contributed by atoms with van der Waals surface area (Å²) < 4.78 is 44.9. The summed E-state index contributed by atoms with van der Waals surface area (Å²) >= 11 is 1.68. The third-order valence-corrected chi connectivity index (χ3v) is 14.3. The molecule has 8 aromatic rings. The molecule has 0 unspecified atom stereocenters. The van der Waals surface area contributed by atoms with Crippen molar-refractivity contribution in [3.05, 3.63) is 151 Å². The predicted molar refractivity (Wildman–Crippen MR) is 261 cm³/mol. The Labute approximate surface area is 391 Å². The van der Waals surface area contributed by atoms with Crippen molar-refractivity contribution in [3.63, 3.8) is 0 Å². The van der Waals surface area contributed by atoms with Gasteiger partial charge in [-0.25, -0.2) is 9.50 Å². The molecule has 0 radical (unpaired) electrons.